The lowest BCUT2D eigenvalue weighted by Crippen LogP contribution is -2.62. The highest BCUT2D eigenvalue weighted by Crippen LogP contribution is 2.60. The maximum Gasteiger partial charge on any atom is 0.252 e. The van der Waals surface area contributed by atoms with Crippen molar-refractivity contribution in [3.05, 3.63) is 301 Å². The average Bonchev–Trinajstić information content (AvgIpc) is 2.07. The summed E-state index contributed by atoms with van der Waals surface area (Å²) in [5, 5.41) is 6.02. The van der Waals surface area contributed by atoms with Crippen LogP contribution in [0, 0.1) is 0 Å². The van der Waals surface area contributed by atoms with Crippen LogP contribution in [0.5, 0.6) is 0 Å². The van der Waals surface area contributed by atoms with Gasteiger partial charge in [0.2, 0.25) is 0 Å². The first-order valence-electron chi connectivity index (χ1n) is 29.4. The van der Waals surface area contributed by atoms with Crippen LogP contribution in [0.15, 0.2) is 279 Å². The van der Waals surface area contributed by atoms with Crippen LogP contribution in [0.1, 0.15) is 22.3 Å². The van der Waals surface area contributed by atoms with E-state index in [2.05, 4.69) is 320 Å². The second-order valence-electron chi connectivity index (χ2n) is 24.3. The molecule has 0 amide bonds. The van der Waals surface area contributed by atoms with Gasteiger partial charge in [-0.05, 0) is 131 Å². The Morgan fingerprint density at radius 3 is 1.28 bits per heavy atom. The highest BCUT2D eigenvalue weighted by molar-refractivity contribution is 7.06. The number of hydrogen-bond donors (Lipinski definition) is 0. The first-order chi connectivity index (χ1) is 40.8. The fraction of sp³-hybridized carbons (Fsp3) is 0.0649. The Labute approximate surface area is 489 Å². The number of hydrogen-bond acceptors (Lipinski definition) is 3. The molecule has 0 N–H and O–H groups in total. The van der Waals surface area contributed by atoms with Crippen LogP contribution < -0.4 is 51.8 Å². The van der Waals surface area contributed by atoms with Gasteiger partial charge in [-0.15, -0.1) is 0 Å². The van der Waals surface area contributed by atoms with Gasteiger partial charge in [0.1, 0.15) is 16.1 Å². The van der Waals surface area contributed by atoms with E-state index in [4.69, 9.17) is 0 Å². The lowest BCUT2D eigenvalue weighted by Gasteiger charge is -2.46. The summed E-state index contributed by atoms with van der Waals surface area (Å²) in [6, 6.07) is 106. The Kier molecular flexibility index (Phi) is 10.3. The molecule has 4 aliphatic heterocycles. The van der Waals surface area contributed by atoms with Crippen LogP contribution in [0.25, 0.3) is 33.4 Å². The lowest BCUT2D eigenvalue weighted by atomic mass is 9.33. The summed E-state index contributed by atoms with van der Waals surface area (Å²) in [5.74, 6) is 0. The van der Waals surface area contributed by atoms with Crippen molar-refractivity contribution in [2.24, 2.45) is 0 Å². The molecule has 17 rings (SSSR count). The number of nitrogens with zero attached hydrogens (tertiary/aromatic N) is 3. The standard InChI is InChI=1S/C77H58BN3Si2/c1-82(2)67-43-24-21-38-58(67)72-69(82)47-45-62-75(72)80(54-33-16-8-17-34-54)65-49-56(50-66-74(65)78(62)63-46-48-70-73(59-39-22-25-44-68(59)83(70,3)4)76(63)81(66)55-35-18-9-19-36-55)79(53-31-14-7-15-32-53)64-42-26-41-61-71(64)57-37-20-23-40-60(57)77(61,51-27-10-5-11-28-51)52-29-12-6-13-30-52/h5-50H,1-4H3. The van der Waals surface area contributed by atoms with E-state index in [9.17, 15) is 0 Å². The van der Waals surface area contributed by atoms with E-state index in [0.717, 1.165) is 28.4 Å². The second-order valence-corrected chi connectivity index (χ2v) is 32.9. The van der Waals surface area contributed by atoms with Crippen molar-refractivity contribution in [1.29, 1.82) is 0 Å². The van der Waals surface area contributed by atoms with E-state index in [0.29, 0.717) is 0 Å². The highest BCUT2D eigenvalue weighted by atomic mass is 28.3. The zero-order valence-electron chi connectivity index (χ0n) is 47.0. The maximum atomic E-state index is 2.68. The minimum Gasteiger partial charge on any atom is -0.311 e. The van der Waals surface area contributed by atoms with Gasteiger partial charge >= 0.3 is 0 Å². The molecule has 3 nitrogen and oxygen atoms in total. The Hall–Kier alpha value is -9.46. The van der Waals surface area contributed by atoms with Gasteiger partial charge in [0.15, 0.2) is 0 Å². The molecule has 0 spiro atoms. The Morgan fingerprint density at radius 1 is 0.349 bits per heavy atom. The summed E-state index contributed by atoms with van der Waals surface area (Å²) >= 11 is 0. The predicted octanol–water partition coefficient (Wildman–Crippen LogP) is 15.2. The quantitative estimate of drug-likeness (QED) is 0.147. The average molecular weight is 1090 g/mol. The summed E-state index contributed by atoms with van der Waals surface area (Å²) in [4.78, 5) is 7.94. The molecular weight excluding hydrogens is 1030 g/mol. The van der Waals surface area contributed by atoms with Crippen molar-refractivity contribution in [2.45, 2.75) is 31.6 Å². The SMILES string of the molecule is C[Si]1(C)c2ccccc2-c2c1ccc1c2N(c2ccccc2)c2cc(N(c3ccccc3)c3cccc4c3-c3ccccc3C4(c3ccccc3)c3ccccc3)cc3c2B1c1ccc2c(c1N3c1ccccc1)-c1ccccc1[Si]2(C)C. The van der Waals surface area contributed by atoms with Crippen molar-refractivity contribution >= 4 is 111 Å². The van der Waals surface area contributed by atoms with Crippen LogP contribution in [-0.2, 0) is 5.41 Å². The van der Waals surface area contributed by atoms with Gasteiger partial charge < -0.3 is 14.7 Å². The van der Waals surface area contributed by atoms with Crippen LogP contribution >= 0.6 is 0 Å². The number of fused-ring (bicyclic) bond motifs is 15. The molecule has 0 radical (unpaired) electrons. The molecule has 0 unspecified atom stereocenters. The van der Waals surface area contributed by atoms with Crippen molar-refractivity contribution < 1.29 is 0 Å². The van der Waals surface area contributed by atoms with Crippen LogP contribution in [0.2, 0.25) is 26.2 Å². The Morgan fingerprint density at radius 2 is 0.771 bits per heavy atom. The van der Waals surface area contributed by atoms with E-state index < -0.39 is 21.6 Å². The second kappa shape index (κ2) is 17.8. The number of benzene rings is 12. The third-order valence-electron chi connectivity index (χ3n) is 19.5. The summed E-state index contributed by atoms with van der Waals surface area (Å²) in [6.07, 6.45) is 0. The molecule has 4 heterocycles. The van der Waals surface area contributed by atoms with Gasteiger partial charge in [-0.3, -0.25) is 0 Å². The zero-order valence-corrected chi connectivity index (χ0v) is 49.0. The predicted molar refractivity (Wildman–Crippen MR) is 357 cm³/mol. The molecule has 6 heteroatoms. The number of rotatable bonds is 7. The monoisotopic (exact) mass is 1090 g/mol. The molecule has 1 aliphatic carbocycles. The molecule has 0 fully saturated rings. The van der Waals surface area contributed by atoms with E-state index in [1.807, 2.05) is 0 Å². The number of para-hydroxylation sites is 3. The third kappa shape index (κ3) is 6.51. The minimum absolute atomic E-state index is 0.0833. The Balaban J connectivity index is 1.03. The molecule has 0 bridgehead atoms. The van der Waals surface area contributed by atoms with Crippen LogP contribution in [0.3, 0.4) is 0 Å². The van der Waals surface area contributed by atoms with Crippen molar-refractivity contribution in [1.82, 2.24) is 0 Å². The lowest BCUT2D eigenvalue weighted by molar-refractivity contribution is 0.768. The summed E-state index contributed by atoms with van der Waals surface area (Å²) in [7, 11) is -4.29. The molecule has 0 saturated carbocycles. The first-order valence-corrected chi connectivity index (χ1v) is 35.4. The molecule has 12 aromatic carbocycles. The summed E-state index contributed by atoms with van der Waals surface area (Å²) in [6.45, 7) is 10.1. The largest absolute Gasteiger partial charge is 0.311 e. The molecule has 83 heavy (non-hydrogen) atoms. The Bertz CT molecular complexity index is 4420. The van der Waals surface area contributed by atoms with Gasteiger partial charge in [-0.2, -0.15) is 0 Å². The number of anilines is 9. The zero-order chi connectivity index (χ0) is 55.3. The summed E-state index contributed by atoms with van der Waals surface area (Å²) < 4.78 is 0. The first kappa shape index (κ1) is 48.3. The maximum absolute atomic E-state index is 2.68. The molecule has 5 aliphatic rings. The van der Waals surface area contributed by atoms with Crippen molar-refractivity contribution in [2.75, 3.05) is 14.7 Å². The summed E-state index contributed by atoms with van der Waals surface area (Å²) in [5.41, 5.74) is 27.1. The normalized spacial score (nSPS) is 15.2. The van der Waals surface area contributed by atoms with Gasteiger partial charge in [0.25, 0.3) is 6.71 Å². The van der Waals surface area contributed by atoms with E-state index in [1.165, 1.54) is 116 Å². The van der Waals surface area contributed by atoms with E-state index >= 15 is 0 Å². The van der Waals surface area contributed by atoms with Gasteiger partial charge in [0, 0.05) is 56.5 Å². The van der Waals surface area contributed by atoms with Gasteiger partial charge in [-0.25, -0.2) is 0 Å². The van der Waals surface area contributed by atoms with Gasteiger partial charge in [0.05, 0.1) is 16.8 Å². The fourth-order valence-electron chi connectivity index (χ4n) is 16.0. The molecule has 0 atom stereocenters. The van der Waals surface area contributed by atoms with Crippen molar-refractivity contribution in [3.8, 4) is 33.4 Å². The molecule has 0 saturated heterocycles. The topological polar surface area (TPSA) is 9.72 Å². The van der Waals surface area contributed by atoms with E-state index in [1.54, 1.807) is 0 Å². The molecule has 12 aromatic rings. The third-order valence-corrected chi connectivity index (χ3v) is 26.6. The van der Waals surface area contributed by atoms with Crippen LogP contribution in [-0.4, -0.2) is 22.9 Å². The van der Waals surface area contributed by atoms with Crippen LogP contribution in [0.4, 0.5) is 51.2 Å². The van der Waals surface area contributed by atoms with Crippen molar-refractivity contribution in [3.63, 3.8) is 0 Å². The highest BCUT2D eigenvalue weighted by Gasteiger charge is 2.52. The fourth-order valence-corrected chi connectivity index (χ4v) is 22.1. The minimum atomic E-state index is -2.14. The van der Waals surface area contributed by atoms with Gasteiger partial charge in [-0.1, -0.05) is 251 Å². The molecule has 0 aromatic heterocycles. The van der Waals surface area contributed by atoms with E-state index in [-0.39, 0.29) is 6.71 Å². The molecular formula is C77H58BN3Si2. The smallest absolute Gasteiger partial charge is 0.252 e. The molecule has 392 valence electrons.